The Labute approximate surface area is 172 Å². The smallest absolute Gasteiger partial charge is 0.264 e. The number of carbonyl (C=O) groups is 2. The number of amides is 1. The van der Waals surface area contributed by atoms with E-state index in [0.717, 1.165) is 10.9 Å². The Hall–Kier alpha value is -2.38. The number of nitrogens with zero attached hydrogens (tertiary/aromatic N) is 1. The SMILES string of the molecule is CCCN1C(=O)C(O)(CC(=O)c2ccc(OC)cc2OC)c2cc(Br)ccc21. The van der Waals surface area contributed by atoms with Gasteiger partial charge in [0.25, 0.3) is 5.91 Å². The average molecular weight is 448 g/mol. The Balaban J connectivity index is 2.00. The summed E-state index contributed by atoms with van der Waals surface area (Å²) in [4.78, 5) is 27.6. The predicted molar refractivity (Wildman–Crippen MR) is 109 cm³/mol. The molecule has 0 aromatic heterocycles. The molecule has 1 amide bonds. The standard InChI is InChI=1S/C21H22BrNO5/c1-4-9-23-17-8-5-13(22)10-16(17)21(26,20(23)25)12-18(24)15-7-6-14(27-2)11-19(15)28-3/h5-8,10-11,26H,4,9,12H2,1-3H3. The molecule has 6 nitrogen and oxygen atoms in total. The van der Waals surface area contributed by atoms with Gasteiger partial charge in [0.2, 0.25) is 0 Å². The number of Topliss-reactive ketones (excluding diaryl/α,β-unsaturated/α-hetero) is 1. The van der Waals surface area contributed by atoms with Gasteiger partial charge in [0.15, 0.2) is 11.4 Å². The van der Waals surface area contributed by atoms with Gasteiger partial charge in [0.05, 0.1) is 31.9 Å². The second kappa shape index (κ2) is 7.93. The highest BCUT2D eigenvalue weighted by molar-refractivity contribution is 9.10. The molecule has 1 aliphatic rings. The molecule has 7 heteroatoms. The van der Waals surface area contributed by atoms with Crippen molar-refractivity contribution in [1.29, 1.82) is 0 Å². The van der Waals surface area contributed by atoms with Crippen molar-refractivity contribution in [3.63, 3.8) is 0 Å². The van der Waals surface area contributed by atoms with Crippen LogP contribution in [0.5, 0.6) is 11.5 Å². The first-order valence-electron chi connectivity index (χ1n) is 8.95. The van der Waals surface area contributed by atoms with Gasteiger partial charge in [-0.2, -0.15) is 0 Å². The summed E-state index contributed by atoms with van der Waals surface area (Å²) < 4.78 is 11.2. The monoisotopic (exact) mass is 447 g/mol. The topological polar surface area (TPSA) is 76.1 Å². The maximum Gasteiger partial charge on any atom is 0.264 e. The number of anilines is 1. The van der Waals surface area contributed by atoms with E-state index < -0.39 is 11.5 Å². The first-order valence-corrected chi connectivity index (χ1v) is 9.74. The lowest BCUT2D eigenvalue weighted by Gasteiger charge is -2.23. The maximum absolute atomic E-state index is 13.1. The number of aliphatic hydroxyl groups is 1. The van der Waals surface area contributed by atoms with E-state index in [-0.39, 0.29) is 17.8 Å². The summed E-state index contributed by atoms with van der Waals surface area (Å²) in [5.41, 5.74) is -0.570. The van der Waals surface area contributed by atoms with Crippen LogP contribution in [0.2, 0.25) is 0 Å². The molecule has 1 atom stereocenters. The van der Waals surface area contributed by atoms with Crippen LogP contribution in [0.15, 0.2) is 40.9 Å². The zero-order valence-electron chi connectivity index (χ0n) is 16.0. The number of carbonyl (C=O) groups excluding carboxylic acids is 2. The summed E-state index contributed by atoms with van der Waals surface area (Å²) in [5, 5.41) is 11.3. The molecule has 1 aliphatic heterocycles. The quantitative estimate of drug-likeness (QED) is 0.655. The van der Waals surface area contributed by atoms with Crippen molar-refractivity contribution in [1.82, 2.24) is 0 Å². The summed E-state index contributed by atoms with van der Waals surface area (Å²) in [7, 11) is 2.98. The fourth-order valence-corrected chi connectivity index (χ4v) is 3.86. The highest BCUT2D eigenvalue weighted by Crippen LogP contribution is 2.44. The molecule has 0 radical (unpaired) electrons. The van der Waals surface area contributed by atoms with Gasteiger partial charge in [-0.1, -0.05) is 22.9 Å². The number of benzene rings is 2. The molecule has 1 N–H and O–H groups in total. The van der Waals surface area contributed by atoms with Gasteiger partial charge in [-0.25, -0.2) is 0 Å². The van der Waals surface area contributed by atoms with E-state index >= 15 is 0 Å². The number of ketones is 1. The van der Waals surface area contributed by atoms with Crippen LogP contribution in [0.1, 0.15) is 35.7 Å². The molecule has 3 rings (SSSR count). The van der Waals surface area contributed by atoms with Gasteiger partial charge < -0.3 is 19.5 Å². The summed E-state index contributed by atoms with van der Waals surface area (Å²) in [6.07, 6.45) is 0.357. The van der Waals surface area contributed by atoms with Crippen molar-refractivity contribution in [2.75, 3.05) is 25.7 Å². The van der Waals surface area contributed by atoms with E-state index in [0.29, 0.717) is 29.3 Å². The highest BCUT2D eigenvalue weighted by atomic mass is 79.9. The van der Waals surface area contributed by atoms with Crippen molar-refractivity contribution in [2.45, 2.75) is 25.4 Å². The molecule has 0 aliphatic carbocycles. The lowest BCUT2D eigenvalue weighted by molar-refractivity contribution is -0.135. The zero-order chi connectivity index (χ0) is 20.5. The Morgan fingerprint density at radius 1 is 1.18 bits per heavy atom. The molecular formula is C21H22BrNO5. The van der Waals surface area contributed by atoms with Gasteiger partial charge >= 0.3 is 0 Å². The van der Waals surface area contributed by atoms with E-state index in [2.05, 4.69) is 15.9 Å². The molecule has 1 unspecified atom stereocenters. The molecule has 2 aromatic carbocycles. The van der Waals surface area contributed by atoms with Crippen LogP contribution in [0.25, 0.3) is 0 Å². The molecule has 2 aromatic rings. The Bertz CT molecular complexity index is 929. The van der Waals surface area contributed by atoms with Crippen LogP contribution in [0.3, 0.4) is 0 Å². The van der Waals surface area contributed by atoms with Crippen LogP contribution in [-0.4, -0.2) is 37.6 Å². The molecule has 28 heavy (non-hydrogen) atoms. The zero-order valence-corrected chi connectivity index (χ0v) is 17.6. The van der Waals surface area contributed by atoms with Crippen molar-refractivity contribution >= 4 is 33.3 Å². The third-order valence-electron chi connectivity index (χ3n) is 4.87. The summed E-state index contributed by atoms with van der Waals surface area (Å²) in [5.74, 6) is 0.00799. The normalized spacial score (nSPS) is 18.2. The summed E-state index contributed by atoms with van der Waals surface area (Å²) >= 11 is 3.39. The number of ether oxygens (including phenoxy) is 2. The average Bonchev–Trinajstić information content (AvgIpc) is 2.89. The van der Waals surface area contributed by atoms with Crippen LogP contribution in [0.4, 0.5) is 5.69 Å². The van der Waals surface area contributed by atoms with Crippen molar-refractivity contribution < 1.29 is 24.2 Å². The fraction of sp³-hybridized carbons (Fsp3) is 0.333. The molecule has 148 valence electrons. The lowest BCUT2D eigenvalue weighted by Crippen LogP contribution is -2.42. The molecule has 0 spiro atoms. The number of rotatable bonds is 7. The summed E-state index contributed by atoms with van der Waals surface area (Å²) in [6.45, 7) is 2.42. The van der Waals surface area contributed by atoms with Crippen molar-refractivity contribution in [3.8, 4) is 11.5 Å². The summed E-state index contributed by atoms with van der Waals surface area (Å²) in [6, 6.07) is 10.1. The molecule has 0 bridgehead atoms. The van der Waals surface area contributed by atoms with Crippen molar-refractivity contribution in [3.05, 3.63) is 52.0 Å². The Kier molecular flexibility index (Phi) is 5.76. The third-order valence-corrected chi connectivity index (χ3v) is 5.36. The maximum atomic E-state index is 13.1. The minimum Gasteiger partial charge on any atom is -0.497 e. The van der Waals surface area contributed by atoms with Crippen LogP contribution >= 0.6 is 15.9 Å². The van der Waals surface area contributed by atoms with E-state index in [4.69, 9.17) is 9.47 Å². The van der Waals surface area contributed by atoms with Gasteiger partial charge in [0.1, 0.15) is 11.5 Å². The Morgan fingerprint density at radius 2 is 1.93 bits per heavy atom. The van der Waals surface area contributed by atoms with Crippen LogP contribution in [0, 0.1) is 0 Å². The molecule has 0 saturated heterocycles. The Morgan fingerprint density at radius 3 is 2.57 bits per heavy atom. The number of methoxy groups -OCH3 is 2. The fourth-order valence-electron chi connectivity index (χ4n) is 3.50. The predicted octanol–water partition coefficient (Wildman–Crippen LogP) is 3.68. The third kappa shape index (κ3) is 3.40. The molecule has 0 fully saturated rings. The van der Waals surface area contributed by atoms with Gasteiger partial charge in [0, 0.05) is 22.6 Å². The van der Waals surface area contributed by atoms with Crippen LogP contribution in [-0.2, 0) is 10.4 Å². The minimum absolute atomic E-state index is 0.287. The second-order valence-electron chi connectivity index (χ2n) is 6.64. The van der Waals surface area contributed by atoms with Crippen LogP contribution < -0.4 is 14.4 Å². The molecular weight excluding hydrogens is 426 g/mol. The number of halogens is 1. The number of hydrogen-bond acceptors (Lipinski definition) is 5. The highest BCUT2D eigenvalue weighted by Gasteiger charge is 2.51. The van der Waals surface area contributed by atoms with Gasteiger partial charge in [-0.3, -0.25) is 9.59 Å². The first kappa shape index (κ1) is 20.4. The largest absolute Gasteiger partial charge is 0.497 e. The van der Waals surface area contributed by atoms with E-state index in [9.17, 15) is 14.7 Å². The van der Waals surface area contributed by atoms with Gasteiger partial charge in [-0.15, -0.1) is 0 Å². The van der Waals surface area contributed by atoms with Crippen molar-refractivity contribution in [2.24, 2.45) is 0 Å². The van der Waals surface area contributed by atoms with E-state index in [1.807, 2.05) is 13.0 Å². The molecule has 1 heterocycles. The first-order chi connectivity index (χ1) is 13.3. The molecule has 0 saturated carbocycles. The van der Waals surface area contributed by atoms with Gasteiger partial charge in [-0.05, 0) is 36.8 Å². The van der Waals surface area contributed by atoms with E-state index in [1.54, 1.807) is 35.2 Å². The number of fused-ring (bicyclic) bond motifs is 1. The lowest BCUT2D eigenvalue weighted by atomic mass is 9.88. The van der Waals surface area contributed by atoms with E-state index in [1.165, 1.54) is 14.2 Å². The number of hydrogen-bond donors (Lipinski definition) is 1. The minimum atomic E-state index is -1.92. The second-order valence-corrected chi connectivity index (χ2v) is 7.56.